The van der Waals surface area contributed by atoms with Crippen LogP contribution in [-0.2, 0) is 0 Å². The fourth-order valence-corrected chi connectivity index (χ4v) is 2.45. The zero-order chi connectivity index (χ0) is 17.6. The molecule has 0 aliphatic rings. The van der Waals surface area contributed by atoms with Crippen molar-refractivity contribution in [3.63, 3.8) is 0 Å². The number of nitrogens with one attached hydrogen (secondary N) is 2. The van der Waals surface area contributed by atoms with Crippen molar-refractivity contribution in [3.05, 3.63) is 71.9 Å². The topological polar surface area (TPSA) is 91.3 Å². The first kappa shape index (κ1) is 16.4. The van der Waals surface area contributed by atoms with Gasteiger partial charge < -0.3 is 15.7 Å². The second kappa shape index (κ2) is 7.44. The van der Waals surface area contributed by atoms with Crippen LogP contribution >= 0.6 is 0 Å². The number of phenols is 1. The molecule has 6 heteroatoms. The molecule has 1 heterocycles. The van der Waals surface area contributed by atoms with Crippen molar-refractivity contribution in [2.24, 2.45) is 0 Å². The van der Waals surface area contributed by atoms with Crippen molar-refractivity contribution in [3.8, 4) is 5.75 Å². The van der Waals surface area contributed by atoms with Crippen molar-refractivity contribution in [2.45, 2.75) is 0 Å². The summed E-state index contributed by atoms with van der Waals surface area (Å²) < 4.78 is 0. The summed E-state index contributed by atoms with van der Waals surface area (Å²) in [6.07, 6.45) is 1.65. The zero-order valence-corrected chi connectivity index (χ0v) is 13.4. The number of para-hydroxylation sites is 1. The highest BCUT2D eigenvalue weighted by molar-refractivity contribution is 6.05. The Morgan fingerprint density at radius 1 is 0.880 bits per heavy atom. The molecular weight excluding hydrogens is 318 g/mol. The van der Waals surface area contributed by atoms with Crippen LogP contribution < -0.4 is 10.6 Å². The van der Waals surface area contributed by atoms with E-state index in [4.69, 9.17) is 0 Å². The van der Waals surface area contributed by atoms with Crippen LogP contribution in [0.2, 0.25) is 0 Å². The summed E-state index contributed by atoms with van der Waals surface area (Å²) in [6, 6.07) is 15.1. The summed E-state index contributed by atoms with van der Waals surface area (Å²) in [5.41, 5.74) is 1.60. The number of rotatable bonds is 5. The smallest absolute Gasteiger partial charge is 0.253 e. The average molecular weight is 335 g/mol. The quantitative estimate of drug-likeness (QED) is 0.623. The molecule has 0 unspecified atom stereocenters. The van der Waals surface area contributed by atoms with Crippen LogP contribution in [0.15, 0.2) is 60.8 Å². The minimum Gasteiger partial charge on any atom is -0.508 e. The van der Waals surface area contributed by atoms with Gasteiger partial charge >= 0.3 is 0 Å². The van der Waals surface area contributed by atoms with Gasteiger partial charge in [0.25, 0.3) is 11.8 Å². The molecule has 0 spiro atoms. The second-order valence-electron chi connectivity index (χ2n) is 5.44. The van der Waals surface area contributed by atoms with Crippen LogP contribution in [-0.4, -0.2) is 35.0 Å². The van der Waals surface area contributed by atoms with E-state index in [-0.39, 0.29) is 17.6 Å². The number of pyridine rings is 1. The molecule has 0 saturated heterocycles. The van der Waals surface area contributed by atoms with E-state index in [0.29, 0.717) is 29.7 Å². The minimum absolute atomic E-state index is 0.104. The second-order valence-corrected chi connectivity index (χ2v) is 5.44. The highest BCUT2D eigenvalue weighted by Crippen LogP contribution is 2.15. The molecule has 0 aliphatic carbocycles. The highest BCUT2D eigenvalue weighted by atomic mass is 16.3. The van der Waals surface area contributed by atoms with Crippen LogP contribution in [0.3, 0.4) is 0 Å². The number of phenolic OH excluding ortho intramolecular Hbond substituents is 1. The van der Waals surface area contributed by atoms with Crippen LogP contribution in [0.1, 0.15) is 20.7 Å². The maximum atomic E-state index is 12.3. The molecule has 25 heavy (non-hydrogen) atoms. The predicted octanol–water partition coefficient (Wildman–Crippen LogP) is 2.10. The van der Waals surface area contributed by atoms with Crippen LogP contribution in [0.25, 0.3) is 10.9 Å². The molecular formula is C19H17N3O3. The Bertz CT molecular complexity index is 902. The summed E-state index contributed by atoms with van der Waals surface area (Å²) in [6.45, 7) is 0.593. The van der Waals surface area contributed by atoms with Gasteiger partial charge in [0.2, 0.25) is 0 Å². The molecule has 2 aromatic carbocycles. The van der Waals surface area contributed by atoms with Crippen molar-refractivity contribution in [2.75, 3.05) is 13.1 Å². The molecule has 6 nitrogen and oxygen atoms in total. The minimum atomic E-state index is -0.263. The Labute approximate surface area is 144 Å². The largest absolute Gasteiger partial charge is 0.508 e. The van der Waals surface area contributed by atoms with Crippen molar-refractivity contribution >= 4 is 22.7 Å². The fourth-order valence-electron chi connectivity index (χ4n) is 2.45. The van der Waals surface area contributed by atoms with Crippen molar-refractivity contribution < 1.29 is 14.7 Å². The number of hydrogen-bond acceptors (Lipinski definition) is 4. The van der Waals surface area contributed by atoms with Crippen molar-refractivity contribution in [1.82, 2.24) is 15.6 Å². The number of carbonyl (C=O) groups excluding carboxylic acids is 2. The van der Waals surface area contributed by atoms with E-state index in [1.807, 2.05) is 24.3 Å². The van der Waals surface area contributed by atoms with Crippen LogP contribution in [0, 0.1) is 0 Å². The lowest BCUT2D eigenvalue weighted by molar-refractivity contribution is 0.0928. The van der Waals surface area contributed by atoms with E-state index in [1.54, 1.807) is 12.3 Å². The molecule has 1 aromatic heterocycles. The first-order valence-electron chi connectivity index (χ1n) is 7.84. The maximum Gasteiger partial charge on any atom is 0.253 e. The third-order valence-corrected chi connectivity index (χ3v) is 3.70. The summed E-state index contributed by atoms with van der Waals surface area (Å²) in [5, 5.41) is 15.6. The number of hydrogen-bond donors (Lipinski definition) is 3. The summed E-state index contributed by atoms with van der Waals surface area (Å²) in [4.78, 5) is 28.5. The van der Waals surface area contributed by atoms with Crippen LogP contribution in [0.5, 0.6) is 5.75 Å². The van der Waals surface area contributed by atoms with E-state index >= 15 is 0 Å². The Morgan fingerprint density at radius 2 is 1.56 bits per heavy atom. The van der Waals surface area contributed by atoms with Gasteiger partial charge in [0.15, 0.2) is 0 Å². The normalized spacial score (nSPS) is 10.4. The molecule has 0 radical (unpaired) electrons. The number of fused-ring (bicyclic) bond motifs is 1. The first-order valence-corrected chi connectivity index (χ1v) is 7.84. The lowest BCUT2D eigenvalue weighted by Crippen LogP contribution is -2.34. The Morgan fingerprint density at radius 3 is 2.32 bits per heavy atom. The van der Waals surface area contributed by atoms with Gasteiger partial charge in [0.05, 0.1) is 11.1 Å². The third kappa shape index (κ3) is 3.92. The number of aromatic hydroxyl groups is 1. The first-order chi connectivity index (χ1) is 12.1. The van der Waals surface area contributed by atoms with Gasteiger partial charge in [-0.05, 0) is 36.4 Å². The van der Waals surface area contributed by atoms with Gasteiger partial charge in [-0.25, -0.2) is 0 Å². The lowest BCUT2D eigenvalue weighted by Gasteiger charge is -2.09. The molecule has 2 amide bonds. The Kier molecular flexibility index (Phi) is 4.89. The Hall–Kier alpha value is -3.41. The number of carbonyl (C=O) groups is 2. The molecule has 126 valence electrons. The van der Waals surface area contributed by atoms with Gasteiger partial charge in [0, 0.05) is 30.2 Å². The van der Waals surface area contributed by atoms with Crippen molar-refractivity contribution in [1.29, 1.82) is 0 Å². The van der Waals surface area contributed by atoms with E-state index < -0.39 is 0 Å². The zero-order valence-electron chi connectivity index (χ0n) is 13.4. The van der Waals surface area contributed by atoms with Crippen LogP contribution in [0.4, 0.5) is 0 Å². The SMILES string of the molecule is O=C(NCCNC(=O)c1cccc2cccnc12)c1ccc(O)cc1. The van der Waals surface area contributed by atoms with Gasteiger partial charge in [0.1, 0.15) is 5.75 Å². The maximum absolute atomic E-state index is 12.3. The summed E-state index contributed by atoms with van der Waals surface area (Å²) in [5.74, 6) is -0.392. The molecule has 0 saturated carbocycles. The molecule has 0 bridgehead atoms. The molecule has 3 rings (SSSR count). The van der Waals surface area contributed by atoms with Gasteiger partial charge in [-0.3, -0.25) is 14.6 Å². The lowest BCUT2D eigenvalue weighted by atomic mass is 10.1. The van der Waals surface area contributed by atoms with Gasteiger partial charge in [-0.1, -0.05) is 18.2 Å². The molecule has 3 N–H and O–H groups in total. The number of nitrogens with zero attached hydrogens (tertiary/aromatic N) is 1. The molecule has 0 fully saturated rings. The monoisotopic (exact) mass is 335 g/mol. The van der Waals surface area contributed by atoms with E-state index in [1.165, 1.54) is 24.3 Å². The summed E-state index contributed by atoms with van der Waals surface area (Å²) >= 11 is 0. The number of benzene rings is 2. The Balaban J connectivity index is 1.54. The van der Waals surface area contributed by atoms with E-state index in [9.17, 15) is 14.7 Å². The highest BCUT2D eigenvalue weighted by Gasteiger charge is 2.10. The molecule has 0 atom stereocenters. The van der Waals surface area contributed by atoms with Gasteiger partial charge in [-0.2, -0.15) is 0 Å². The molecule has 0 aliphatic heterocycles. The third-order valence-electron chi connectivity index (χ3n) is 3.70. The van der Waals surface area contributed by atoms with E-state index in [2.05, 4.69) is 15.6 Å². The predicted molar refractivity (Wildman–Crippen MR) is 94.5 cm³/mol. The fraction of sp³-hybridized carbons (Fsp3) is 0.105. The number of amides is 2. The average Bonchev–Trinajstić information content (AvgIpc) is 2.65. The molecule has 3 aromatic rings. The van der Waals surface area contributed by atoms with Gasteiger partial charge in [-0.15, -0.1) is 0 Å². The standard InChI is InChI=1S/C19H17N3O3/c23-15-8-6-14(7-9-15)18(24)21-11-12-22-19(25)16-5-1-3-13-4-2-10-20-17(13)16/h1-10,23H,11-12H2,(H,21,24)(H,22,25). The van der Waals surface area contributed by atoms with E-state index in [0.717, 1.165) is 5.39 Å². The summed E-state index contributed by atoms with van der Waals surface area (Å²) in [7, 11) is 0. The number of aromatic nitrogens is 1.